The summed E-state index contributed by atoms with van der Waals surface area (Å²) >= 11 is 0. The van der Waals surface area contributed by atoms with Gasteiger partial charge < -0.3 is 14.8 Å². The molecule has 0 aromatic heterocycles. The van der Waals surface area contributed by atoms with E-state index in [-0.39, 0.29) is 16.2 Å². The number of amides is 1. The minimum Gasteiger partial charge on any atom is -0.496 e. The van der Waals surface area contributed by atoms with Gasteiger partial charge in [-0.15, -0.1) is 0 Å². The molecule has 0 spiro atoms. The van der Waals surface area contributed by atoms with Gasteiger partial charge in [0.05, 0.1) is 17.7 Å². The molecule has 0 fully saturated rings. The lowest BCUT2D eigenvalue weighted by Crippen LogP contribution is -2.29. The number of anilines is 2. The Hall–Kier alpha value is -3.85. The molecule has 4 rings (SSSR count). The molecule has 0 unspecified atom stereocenters. The summed E-state index contributed by atoms with van der Waals surface area (Å²) in [6, 6.07) is 18.5. The molecule has 0 bridgehead atoms. The Kier molecular flexibility index (Phi) is 6.56. The van der Waals surface area contributed by atoms with Crippen molar-refractivity contribution in [1.82, 2.24) is 0 Å². The van der Waals surface area contributed by atoms with Crippen LogP contribution in [0.5, 0.6) is 5.75 Å². The first-order valence-electron chi connectivity index (χ1n) is 10.6. The number of fused-ring (bicyclic) bond motifs is 1. The molecule has 0 saturated carbocycles. The molecule has 3 aromatic rings. The lowest BCUT2D eigenvalue weighted by atomic mass is 10.2. The van der Waals surface area contributed by atoms with Gasteiger partial charge in [0.25, 0.3) is 15.9 Å². The number of ether oxygens (including phenoxy) is 2. The highest BCUT2D eigenvalue weighted by atomic mass is 32.2. The zero-order valence-corrected chi connectivity index (χ0v) is 19.6. The fraction of sp³-hybridized carbons (Fsp3) is 0.200. The Balaban J connectivity index is 1.52. The van der Waals surface area contributed by atoms with Crippen LogP contribution in [0.4, 0.5) is 11.4 Å². The smallest absolute Gasteiger partial charge is 0.342 e. The molecule has 8 nitrogen and oxygen atoms in total. The van der Waals surface area contributed by atoms with Gasteiger partial charge in [-0.25, -0.2) is 13.2 Å². The van der Waals surface area contributed by atoms with E-state index in [1.54, 1.807) is 30.3 Å². The fourth-order valence-electron chi connectivity index (χ4n) is 3.82. The third-order valence-electron chi connectivity index (χ3n) is 5.46. The zero-order valence-electron chi connectivity index (χ0n) is 18.8. The van der Waals surface area contributed by atoms with Crippen molar-refractivity contribution in [1.29, 1.82) is 0 Å². The molecule has 176 valence electrons. The van der Waals surface area contributed by atoms with E-state index in [0.717, 1.165) is 11.1 Å². The van der Waals surface area contributed by atoms with Crippen molar-refractivity contribution < 1.29 is 27.5 Å². The van der Waals surface area contributed by atoms with E-state index < -0.39 is 28.5 Å². The van der Waals surface area contributed by atoms with Gasteiger partial charge in [-0.2, -0.15) is 0 Å². The lowest BCUT2D eigenvalue weighted by molar-refractivity contribution is -0.119. The number of aryl methyl sites for hydroxylation is 1. The van der Waals surface area contributed by atoms with Gasteiger partial charge in [0.2, 0.25) is 0 Å². The molecular weight excluding hydrogens is 456 g/mol. The second-order valence-electron chi connectivity index (χ2n) is 7.81. The predicted molar refractivity (Wildman–Crippen MR) is 128 cm³/mol. The Labute approximate surface area is 198 Å². The summed E-state index contributed by atoms with van der Waals surface area (Å²) in [5, 5.41) is 2.65. The highest BCUT2D eigenvalue weighted by Gasteiger charge is 2.31. The largest absolute Gasteiger partial charge is 0.496 e. The van der Waals surface area contributed by atoms with Gasteiger partial charge in [0, 0.05) is 12.2 Å². The first kappa shape index (κ1) is 23.3. The summed E-state index contributed by atoms with van der Waals surface area (Å²) in [6.07, 6.45) is 0.608. The number of methoxy groups -OCH3 is 1. The van der Waals surface area contributed by atoms with E-state index in [1.807, 2.05) is 25.1 Å². The maximum absolute atomic E-state index is 13.3. The van der Waals surface area contributed by atoms with Crippen LogP contribution in [0.2, 0.25) is 0 Å². The van der Waals surface area contributed by atoms with Gasteiger partial charge in [0.1, 0.15) is 11.3 Å². The molecule has 1 N–H and O–H groups in total. The summed E-state index contributed by atoms with van der Waals surface area (Å²) < 4.78 is 38.4. The summed E-state index contributed by atoms with van der Waals surface area (Å²) in [5.41, 5.74) is 3.03. The van der Waals surface area contributed by atoms with Crippen molar-refractivity contribution in [3.05, 3.63) is 83.4 Å². The second-order valence-corrected chi connectivity index (χ2v) is 9.67. The first-order chi connectivity index (χ1) is 16.3. The number of rotatable bonds is 7. The number of carbonyl (C=O) groups is 2. The van der Waals surface area contributed by atoms with Crippen molar-refractivity contribution in [3.8, 4) is 5.75 Å². The minimum atomic E-state index is -3.92. The van der Waals surface area contributed by atoms with Crippen molar-refractivity contribution >= 4 is 33.3 Å². The monoisotopic (exact) mass is 480 g/mol. The Morgan fingerprint density at radius 2 is 1.82 bits per heavy atom. The van der Waals surface area contributed by atoms with Crippen LogP contribution in [0.3, 0.4) is 0 Å². The topological polar surface area (TPSA) is 102 Å². The highest BCUT2D eigenvalue weighted by molar-refractivity contribution is 7.92. The average molecular weight is 481 g/mol. The summed E-state index contributed by atoms with van der Waals surface area (Å²) in [6.45, 7) is 1.67. The Morgan fingerprint density at radius 1 is 1.03 bits per heavy atom. The average Bonchev–Trinajstić information content (AvgIpc) is 3.27. The van der Waals surface area contributed by atoms with E-state index in [1.165, 1.54) is 29.6 Å². The summed E-state index contributed by atoms with van der Waals surface area (Å²) in [7, 11) is -2.56. The number of nitrogens with one attached hydrogen (secondary N) is 1. The molecule has 9 heteroatoms. The first-order valence-corrected chi connectivity index (χ1v) is 12.1. The highest BCUT2D eigenvalue weighted by Crippen LogP contribution is 2.34. The number of nitrogens with zero attached hydrogens (tertiary/aromatic N) is 1. The molecule has 0 atom stereocenters. The van der Waals surface area contributed by atoms with Gasteiger partial charge in [-0.1, -0.05) is 30.3 Å². The number of hydrogen-bond donors (Lipinski definition) is 1. The molecule has 1 amide bonds. The number of sulfonamides is 1. The zero-order chi connectivity index (χ0) is 24.3. The maximum Gasteiger partial charge on any atom is 0.342 e. The van der Waals surface area contributed by atoms with Crippen LogP contribution in [0, 0.1) is 6.92 Å². The molecule has 1 heterocycles. The number of hydrogen-bond acceptors (Lipinski definition) is 6. The molecule has 1 aliphatic heterocycles. The maximum atomic E-state index is 13.3. The molecule has 0 radical (unpaired) electrons. The van der Waals surface area contributed by atoms with Crippen molar-refractivity contribution in [2.75, 3.05) is 29.9 Å². The normalized spacial score (nSPS) is 12.7. The van der Waals surface area contributed by atoms with E-state index >= 15 is 0 Å². The molecule has 1 aliphatic rings. The molecule has 34 heavy (non-hydrogen) atoms. The second kappa shape index (κ2) is 9.56. The third kappa shape index (κ3) is 4.74. The van der Waals surface area contributed by atoms with Crippen LogP contribution in [-0.4, -0.2) is 40.6 Å². The fourth-order valence-corrected chi connectivity index (χ4v) is 5.35. The van der Waals surface area contributed by atoms with Crippen molar-refractivity contribution in [2.45, 2.75) is 18.2 Å². The minimum absolute atomic E-state index is 0.0684. The summed E-state index contributed by atoms with van der Waals surface area (Å²) in [4.78, 5) is 24.9. The van der Waals surface area contributed by atoms with Gasteiger partial charge >= 0.3 is 5.97 Å². The molecule has 3 aromatic carbocycles. The number of esters is 1. The van der Waals surface area contributed by atoms with Gasteiger partial charge in [0.15, 0.2) is 6.61 Å². The lowest BCUT2D eigenvalue weighted by Gasteiger charge is -2.20. The number of benzene rings is 3. The van der Waals surface area contributed by atoms with E-state index in [0.29, 0.717) is 24.3 Å². The standard InChI is InChI=1S/C25H24N2O6S/c1-17-6-5-8-19(14-17)26-24(28)16-33-25(29)21-15-20(10-11-23(21)32-2)34(30,31)27-13-12-18-7-3-4-9-22(18)27/h3-11,14-15H,12-13,16H2,1-2H3,(H,26,28). The van der Waals surface area contributed by atoms with E-state index in [2.05, 4.69) is 5.32 Å². The van der Waals surface area contributed by atoms with Gasteiger partial charge in [-0.3, -0.25) is 9.10 Å². The van der Waals surface area contributed by atoms with Crippen LogP contribution >= 0.6 is 0 Å². The summed E-state index contributed by atoms with van der Waals surface area (Å²) in [5.74, 6) is -1.24. The predicted octanol–water partition coefficient (Wildman–Crippen LogP) is 3.55. The van der Waals surface area contributed by atoms with Crippen LogP contribution in [0.25, 0.3) is 0 Å². The van der Waals surface area contributed by atoms with Crippen LogP contribution < -0.4 is 14.4 Å². The van der Waals surface area contributed by atoms with Crippen LogP contribution in [0.15, 0.2) is 71.6 Å². The molecule has 0 aliphatic carbocycles. The third-order valence-corrected chi connectivity index (χ3v) is 7.27. The van der Waals surface area contributed by atoms with E-state index in [9.17, 15) is 18.0 Å². The van der Waals surface area contributed by atoms with Crippen molar-refractivity contribution in [3.63, 3.8) is 0 Å². The SMILES string of the molecule is COc1ccc(S(=O)(=O)N2CCc3ccccc32)cc1C(=O)OCC(=O)Nc1cccc(C)c1. The number of para-hydroxylation sites is 1. The number of carbonyl (C=O) groups excluding carboxylic acids is 2. The van der Waals surface area contributed by atoms with Crippen LogP contribution in [-0.2, 0) is 26.0 Å². The van der Waals surface area contributed by atoms with Gasteiger partial charge in [-0.05, 0) is 60.9 Å². The molecular formula is C25H24N2O6S. The molecule has 0 saturated heterocycles. The Bertz CT molecular complexity index is 1350. The van der Waals surface area contributed by atoms with Crippen LogP contribution in [0.1, 0.15) is 21.5 Å². The van der Waals surface area contributed by atoms with Crippen molar-refractivity contribution in [2.24, 2.45) is 0 Å². The quantitative estimate of drug-likeness (QED) is 0.519. The van der Waals surface area contributed by atoms with E-state index in [4.69, 9.17) is 9.47 Å². The Morgan fingerprint density at radius 3 is 2.59 bits per heavy atom.